The van der Waals surface area contributed by atoms with Crippen LogP contribution in [-0.4, -0.2) is 20.2 Å². The molecule has 0 atom stereocenters. The first-order chi connectivity index (χ1) is 6.25. The van der Waals surface area contributed by atoms with Gasteiger partial charge in [0.05, 0.1) is 7.11 Å². The molecule has 13 heavy (non-hydrogen) atoms. The number of carbonyl (C=O) groups is 1. The number of nitrogens with one attached hydrogen (secondary N) is 1. The van der Waals surface area contributed by atoms with Gasteiger partial charge in [0, 0.05) is 12.7 Å². The molecule has 1 rings (SSSR count). The van der Waals surface area contributed by atoms with E-state index in [1.165, 1.54) is 12.0 Å². The Labute approximate surface area is 77.1 Å². The Balaban J connectivity index is 2.68. The summed E-state index contributed by atoms with van der Waals surface area (Å²) in [5, 5.41) is 0. The number of hydrogen-bond acceptors (Lipinski definition) is 2. The first-order valence-corrected chi connectivity index (χ1v) is 3.87. The molecule has 0 radical (unpaired) electrons. The molecule has 4 heteroatoms. The molecule has 1 aromatic rings. The van der Waals surface area contributed by atoms with Crippen molar-refractivity contribution in [2.45, 2.75) is 0 Å². The van der Waals surface area contributed by atoms with E-state index in [0.29, 0.717) is 0 Å². The van der Waals surface area contributed by atoms with Crippen LogP contribution in [0.3, 0.4) is 0 Å². The van der Waals surface area contributed by atoms with Crippen LogP contribution in [0.15, 0.2) is 30.3 Å². The zero-order chi connectivity index (χ0) is 9.68. The highest BCUT2D eigenvalue weighted by Crippen LogP contribution is 2.10. The van der Waals surface area contributed by atoms with Crippen LogP contribution in [0.25, 0.3) is 0 Å². The Morgan fingerprint density at radius 3 is 2.54 bits per heavy atom. The lowest BCUT2D eigenvalue weighted by Crippen LogP contribution is -2.36. The standard InChI is InChI=1S/C9H12N2O2/c1-11(9(12)10-13-2)8-6-4-3-5-7-8/h3-7H,1-2H3,(H,10,12). The zero-order valence-corrected chi connectivity index (χ0v) is 7.65. The minimum atomic E-state index is -0.297. The lowest BCUT2D eigenvalue weighted by molar-refractivity contribution is 0.111. The van der Waals surface area contributed by atoms with Gasteiger partial charge in [0.15, 0.2) is 0 Å². The number of para-hydroxylation sites is 1. The maximum absolute atomic E-state index is 11.2. The molecule has 0 saturated heterocycles. The predicted octanol–water partition coefficient (Wildman–Crippen LogP) is 1.39. The van der Waals surface area contributed by atoms with Gasteiger partial charge in [-0.1, -0.05) is 18.2 Å². The van der Waals surface area contributed by atoms with E-state index in [2.05, 4.69) is 10.3 Å². The number of hydrogen-bond donors (Lipinski definition) is 1. The molecule has 0 aliphatic heterocycles. The number of benzene rings is 1. The Kier molecular flexibility index (Phi) is 3.28. The monoisotopic (exact) mass is 180 g/mol. The van der Waals surface area contributed by atoms with Crippen LogP contribution >= 0.6 is 0 Å². The van der Waals surface area contributed by atoms with E-state index in [1.54, 1.807) is 7.05 Å². The van der Waals surface area contributed by atoms with Crippen LogP contribution in [-0.2, 0) is 4.84 Å². The fourth-order valence-corrected chi connectivity index (χ4v) is 0.925. The Hall–Kier alpha value is -1.55. The first kappa shape index (κ1) is 9.54. The molecule has 0 aromatic heterocycles. The molecule has 0 heterocycles. The third kappa shape index (κ3) is 2.45. The second-order valence-electron chi connectivity index (χ2n) is 2.51. The summed E-state index contributed by atoms with van der Waals surface area (Å²) in [4.78, 5) is 17.2. The van der Waals surface area contributed by atoms with Gasteiger partial charge in [0.1, 0.15) is 0 Å². The SMILES string of the molecule is CONC(=O)N(C)c1ccccc1. The smallest absolute Gasteiger partial charge is 0.296 e. The number of nitrogens with zero attached hydrogens (tertiary/aromatic N) is 1. The largest absolute Gasteiger partial charge is 0.345 e. The molecule has 1 N–H and O–H groups in total. The highest BCUT2D eigenvalue weighted by molar-refractivity contribution is 5.90. The van der Waals surface area contributed by atoms with Gasteiger partial charge >= 0.3 is 6.03 Å². The molecule has 0 bridgehead atoms. The summed E-state index contributed by atoms with van der Waals surface area (Å²) in [6.45, 7) is 0. The maximum Gasteiger partial charge on any atom is 0.345 e. The first-order valence-electron chi connectivity index (χ1n) is 3.87. The second-order valence-corrected chi connectivity index (χ2v) is 2.51. The van der Waals surface area contributed by atoms with Crippen LogP contribution in [0.4, 0.5) is 10.5 Å². The van der Waals surface area contributed by atoms with E-state index < -0.39 is 0 Å². The Morgan fingerprint density at radius 1 is 1.38 bits per heavy atom. The average Bonchev–Trinajstić information content (AvgIpc) is 2.18. The molecule has 0 fully saturated rings. The van der Waals surface area contributed by atoms with E-state index >= 15 is 0 Å². The number of amides is 2. The highest BCUT2D eigenvalue weighted by Gasteiger charge is 2.08. The van der Waals surface area contributed by atoms with Gasteiger partial charge in [-0.3, -0.25) is 9.74 Å². The minimum absolute atomic E-state index is 0.297. The van der Waals surface area contributed by atoms with Gasteiger partial charge in [-0.15, -0.1) is 0 Å². The van der Waals surface area contributed by atoms with Crippen molar-refractivity contribution in [3.8, 4) is 0 Å². The van der Waals surface area contributed by atoms with Crippen molar-refractivity contribution >= 4 is 11.7 Å². The van der Waals surface area contributed by atoms with Crippen molar-refractivity contribution < 1.29 is 9.63 Å². The summed E-state index contributed by atoms with van der Waals surface area (Å²) in [5.74, 6) is 0. The van der Waals surface area contributed by atoms with Gasteiger partial charge in [0.25, 0.3) is 0 Å². The number of carbonyl (C=O) groups excluding carboxylic acids is 1. The van der Waals surface area contributed by atoms with E-state index in [0.717, 1.165) is 5.69 Å². The van der Waals surface area contributed by atoms with Crippen molar-refractivity contribution in [2.75, 3.05) is 19.1 Å². The van der Waals surface area contributed by atoms with E-state index in [-0.39, 0.29) is 6.03 Å². The number of hydroxylamine groups is 1. The topological polar surface area (TPSA) is 41.6 Å². The van der Waals surface area contributed by atoms with Crippen LogP contribution in [0.1, 0.15) is 0 Å². The molecule has 2 amide bonds. The van der Waals surface area contributed by atoms with Crippen LogP contribution < -0.4 is 10.4 Å². The molecule has 0 aliphatic carbocycles. The van der Waals surface area contributed by atoms with Crippen molar-refractivity contribution in [1.82, 2.24) is 5.48 Å². The maximum atomic E-state index is 11.2. The lowest BCUT2D eigenvalue weighted by Gasteiger charge is -2.16. The Morgan fingerprint density at radius 2 is 2.00 bits per heavy atom. The van der Waals surface area contributed by atoms with Crippen molar-refractivity contribution in [2.24, 2.45) is 0 Å². The zero-order valence-electron chi connectivity index (χ0n) is 7.65. The Bertz CT molecular complexity index is 274. The molecule has 0 unspecified atom stereocenters. The quantitative estimate of drug-likeness (QED) is 0.699. The summed E-state index contributed by atoms with van der Waals surface area (Å²) in [6, 6.07) is 9.02. The molecule has 0 spiro atoms. The third-order valence-corrected chi connectivity index (χ3v) is 1.64. The van der Waals surface area contributed by atoms with Crippen LogP contribution in [0, 0.1) is 0 Å². The predicted molar refractivity (Wildman–Crippen MR) is 50.4 cm³/mol. The molecule has 1 aromatic carbocycles. The van der Waals surface area contributed by atoms with E-state index in [9.17, 15) is 4.79 Å². The van der Waals surface area contributed by atoms with Crippen molar-refractivity contribution in [3.63, 3.8) is 0 Å². The molecular weight excluding hydrogens is 168 g/mol. The fourth-order valence-electron chi connectivity index (χ4n) is 0.925. The van der Waals surface area contributed by atoms with Gasteiger partial charge in [-0.2, -0.15) is 0 Å². The normalized spacial score (nSPS) is 9.38. The van der Waals surface area contributed by atoms with E-state index in [4.69, 9.17) is 0 Å². The van der Waals surface area contributed by atoms with Crippen LogP contribution in [0.2, 0.25) is 0 Å². The van der Waals surface area contributed by atoms with E-state index in [1.807, 2.05) is 30.3 Å². The summed E-state index contributed by atoms with van der Waals surface area (Å²) in [5.41, 5.74) is 3.05. The van der Waals surface area contributed by atoms with Gasteiger partial charge in [-0.25, -0.2) is 10.3 Å². The molecule has 4 nitrogen and oxygen atoms in total. The lowest BCUT2D eigenvalue weighted by atomic mass is 10.3. The van der Waals surface area contributed by atoms with Crippen molar-refractivity contribution in [1.29, 1.82) is 0 Å². The molecule has 70 valence electrons. The summed E-state index contributed by atoms with van der Waals surface area (Å²) >= 11 is 0. The fraction of sp³-hybridized carbons (Fsp3) is 0.222. The second kappa shape index (κ2) is 4.47. The van der Waals surface area contributed by atoms with Gasteiger partial charge < -0.3 is 0 Å². The number of rotatable bonds is 2. The molecule has 0 aliphatic rings. The molecular formula is C9H12N2O2. The number of anilines is 1. The minimum Gasteiger partial charge on any atom is -0.296 e. The number of urea groups is 1. The van der Waals surface area contributed by atoms with Crippen molar-refractivity contribution in [3.05, 3.63) is 30.3 Å². The van der Waals surface area contributed by atoms with Crippen LogP contribution in [0.5, 0.6) is 0 Å². The third-order valence-electron chi connectivity index (χ3n) is 1.64. The summed E-state index contributed by atoms with van der Waals surface area (Å²) in [7, 11) is 3.07. The summed E-state index contributed by atoms with van der Waals surface area (Å²) in [6.07, 6.45) is 0. The highest BCUT2D eigenvalue weighted by atomic mass is 16.6. The summed E-state index contributed by atoms with van der Waals surface area (Å²) < 4.78 is 0. The average molecular weight is 180 g/mol. The van der Waals surface area contributed by atoms with Gasteiger partial charge in [-0.05, 0) is 12.1 Å². The molecule has 0 saturated carbocycles. The van der Waals surface area contributed by atoms with Gasteiger partial charge in [0.2, 0.25) is 0 Å².